The van der Waals surface area contributed by atoms with E-state index in [4.69, 9.17) is 9.15 Å². The molecule has 1 aliphatic heterocycles. The summed E-state index contributed by atoms with van der Waals surface area (Å²) in [7, 11) is 1.60. The third kappa shape index (κ3) is 4.33. The minimum Gasteiger partial charge on any atom is -0.497 e. The van der Waals surface area contributed by atoms with E-state index in [9.17, 15) is 14.4 Å². The summed E-state index contributed by atoms with van der Waals surface area (Å²) in [5.74, 6) is 0.514. The molecule has 0 aliphatic carbocycles. The standard InChI is InChI=1S/C20H23N3O5/c1-20(10-9-14-5-7-15(27-2)8-6-14)18(25)23(19(26)22-20)13-17(24)21-12-16-4-3-11-28-16/h3-8,11H,9-10,12-13H2,1-2H3,(H,21,24)(H,22,26)/t20-/m1/s1. The van der Waals surface area contributed by atoms with Gasteiger partial charge in [-0.2, -0.15) is 0 Å². The SMILES string of the molecule is COc1ccc(CC[C@@]2(C)NC(=O)N(CC(=O)NCc3ccco3)C2=O)cc1. The van der Waals surface area contributed by atoms with E-state index in [-0.39, 0.29) is 13.1 Å². The molecule has 1 fully saturated rings. The zero-order valence-corrected chi connectivity index (χ0v) is 15.9. The van der Waals surface area contributed by atoms with Crippen molar-refractivity contribution in [3.8, 4) is 5.75 Å². The number of carbonyl (C=O) groups excluding carboxylic acids is 3. The van der Waals surface area contributed by atoms with Gasteiger partial charge in [0, 0.05) is 0 Å². The second-order valence-corrected chi connectivity index (χ2v) is 6.86. The number of hydrogen-bond acceptors (Lipinski definition) is 5. The maximum atomic E-state index is 12.8. The number of imide groups is 1. The van der Waals surface area contributed by atoms with Crippen LogP contribution in [-0.4, -0.2) is 41.9 Å². The number of aryl methyl sites for hydroxylation is 1. The molecule has 28 heavy (non-hydrogen) atoms. The van der Waals surface area contributed by atoms with E-state index in [1.165, 1.54) is 6.26 Å². The van der Waals surface area contributed by atoms with Crippen LogP contribution in [0.3, 0.4) is 0 Å². The van der Waals surface area contributed by atoms with E-state index in [0.29, 0.717) is 18.6 Å². The minimum atomic E-state index is -1.04. The number of nitrogens with zero attached hydrogens (tertiary/aromatic N) is 1. The first kappa shape index (κ1) is 19.5. The lowest BCUT2D eigenvalue weighted by Gasteiger charge is -2.21. The summed E-state index contributed by atoms with van der Waals surface area (Å²) >= 11 is 0. The summed E-state index contributed by atoms with van der Waals surface area (Å²) in [5, 5.41) is 5.34. The molecule has 8 heteroatoms. The highest BCUT2D eigenvalue weighted by molar-refractivity contribution is 6.08. The molecule has 2 heterocycles. The van der Waals surface area contributed by atoms with Crippen LogP contribution in [0.5, 0.6) is 5.75 Å². The Morgan fingerprint density at radius 3 is 2.64 bits per heavy atom. The molecule has 2 aromatic rings. The normalized spacial score (nSPS) is 18.9. The molecular weight excluding hydrogens is 362 g/mol. The van der Waals surface area contributed by atoms with Crippen molar-refractivity contribution in [2.75, 3.05) is 13.7 Å². The molecule has 0 saturated carbocycles. The summed E-state index contributed by atoms with van der Waals surface area (Å²) < 4.78 is 10.3. The highest BCUT2D eigenvalue weighted by Gasteiger charge is 2.47. The van der Waals surface area contributed by atoms with Crippen LogP contribution in [0.4, 0.5) is 4.79 Å². The van der Waals surface area contributed by atoms with Gasteiger partial charge in [-0.15, -0.1) is 0 Å². The first-order valence-corrected chi connectivity index (χ1v) is 8.97. The molecular formula is C20H23N3O5. The second-order valence-electron chi connectivity index (χ2n) is 6.86. The molecule has 1 saturated heterocycles. The predicted octanol–water partition coefficient (Wildman–Crippen LogP) is 1.85. The highest BCUT2D eigenvalue weighted by Crippen LogP contribution is 2.24. The molecule has 2 N–H and O–H groups in total. The van der Waals surface area contributed by atoms with Gasteiger partial charge in [-0.25, -0.2) is 4.79 Å². The van der Waals surface area contributed by atoms with Gasteiger partial charge in [-0.1, -0.05) is 12.1 Å². The lowest BCUT2D eigenvalue weighted by molar-refractivity contribution is -0.134. The Morgan fingerprint density at radius 2 is 2.00 bits per heavy atom. The van der Waals surface area contributed by atoms with E-state index in [1.54, 1.807) is 26.2 Å². The number of rotatable bonds is 8. The lowest BCUT2D eigenvalue weighted by atomic mass is 9.93. The fourth-order valence-electron chi connectivity index (χ4n) is 3.05. The molecule has 0 spiro atoms. The van der Waals surface area contributed by atoms with Crippen molar-refractivity contribution in [1.29, 1.82) is 0 Å². The number of carbonyl (C=O) groups is 3. The maximum absolute atomic E-state index is 12.8. The van der Waals surface area contributed by atoms with Crippen LogP contribution >= 0.6 is 0 Å². The fraction of sp³-hybridized carbons (Fsp3) is 0.350. The van der Waals surface area contributed by atoms with E-state index in [2.05, 4.69) is 10.6 Å². The summed E-state index contributed by atoms with van der Waals surface area (Å²) in [6.45, 7) is 1.55. The Balaban J connectivity index is 1.55. The minimum absolute atomic E-state index is 0.199. The van der Waals surface area contributed by atoms with Crippen molar-refractivity contribution in [2.24, 2.45) is 0 Å². The molecule has 4 amide bonds. The average Bonchev–Trinajstić information content (AvgIpc) is 3.28. The highest BCUT2D eigenvalue weighted by atomic mass is 16.5. The van der Waals surface area contributed by atoms with E-state index in [1.807, 2.05) is 24.3 Å². The van der Waals surface area contributed by atoms with Crippen LogP contribution in [0, 0.1) is 0 Å². The second kappa shape index (κ2) is 8.16. The Bertz CT molecular complexity index is 847. The number of benzene rings is 1. The third-order valence-corrected chi connectivity index (χ3v) is 4.76. The Morgan fingerprint density at radius 1 is 1.25 bits per heavy atom. The van der Waals surface area contributed by atoms with Crippen LogP contribution in [0.25, 0.3) is 0 Å². The van der Waals surface area contributed by atoms with Gasteiger partial charge in [-0.3, -0.25) is 14.5 Å². The van der Waals surface area contributed by atoms with Gasteiger partial charge >= 0.3 is 6.03 Å². The van der Waals surface area contributed by atoms with Gasteiger partial charge < -0.3 is 19.8 Å². The number of ether oxygens (including phenoxy) is 1. The molecule has 0 bridgehead atoms. The predicted molar refractivity (Wildman–Crippen MR) is 101 cm³/mol. The molecule has 1 aromatic carbocycles. The monoisotopic (exact) mass is 385 g/mol. The van der Waals surface area contributed by atoms with Crippen molar-refractivity contribution < 1.29 is 23.5 Å². The topological polar surface area (TPSA) is 101 Å². The van der Waals surface area contributed by atoms with Gasteiger partial charge in [-0.05, 0) is 49.6 Å². The number of methoxy groups -OCH3 is 1. The van der Waals surface area contributed by atoms with Gasteiger partial charge in [0.05, 0.1) is 19.9 Å². The zero-order chi connectivity index (χ0) is 20.1. The number of urea groups is 1. The fourth-order valence-corrected chi connectivity index (χ4v) is 3.05. The number of amides is 4. The Hall–Kier alpha value is -3.29. The van der Waals surface area contributed by atoms with E-state index in [0.717, 1.165) is 16.2 Å². The van der Waals surface area contributed by atoms with E-state index >= 15 is 0 Å². The molecule has 148 valence electrons. The summed E-state index contributed by atoms with van der Waals surface area (Å²) in [4.78, 5) is 38.0. The van der Waals surface area contributed by atoms with E-state index < -0.39 is 23.4 Å². The maximum Gasteiger partial charge on any atom is 0.325 e. The summed E-state index contributed by atoms with van der Waals surface area (Å²) in [6, 6.07) is 10.4. The van der Waals surface area contributed by atoms with Crippen molar-refractivity contribution >= 4 is 17.8 Å². The van der Waals surface area contributed by atoms with Gasteiger partial charge in [0.15, 0.2) is 0 Å². The molecule has 3 rings (SSSR count). The molecule has 8 nitrogen and oxygen atoms in total. The van der Waals surface area contributed by atoms with Crippen molar-refractivity contribution in [2.45, 2.75) is 31.8 Å². The number of hydrogen-bond donors (Lipinski definition) is 2. The Labute approximate surface area is 162 Å². The van der Waals surface area contributed by atoms with Crippen molar-refractivity contribution in [1.82, 2.24) is 15.5 Å². The van der Waals surface area contributed by atoms with Crippen LogP contribution < -0.4 is 15.4 Å². The Kier molecular flexibility index (Phi) is 5.67. The van der Waals surface area contributed by atoms with Crippen LogP contribution in [0.2, 0.25) is 0 Å². The molecule has 1 atom stereocenters. The largest absolute Gasteiger partial charge is 0.497 e. The first-order chi connectivity index (χ1) is 13.4. The molecule has 1 aromatic heterocycles. The van der Waals surface area contributed by atoms with Gasteiger partial charge in [0.25, 0.3) is 5.91 Å². The quantitative estimate of drug-likeness (QED) is 0.676. The molecule has 1 aliphatic rings. The van der Waals surface area contributed by atoms with Crippen LogP contribution in [0.1, 0.15) is 24.7 Å². The first-order valence-electron chi connectivity index (χ1n) is 8.97. The third-order valence-electron chi connectivity index (χ3n) is 4.76. The van der Waals surface area contributed by atoms with Gasteiger partial charge in [0.1, 0.15) is 23.6 Å². The number of furan rings is 1. The molecule has 0 radical (unpaired) electrons. The summed E-state index contributed by atoms with van der Waals surface area (Å²) in [5.41, 5.74) is -0.0168. The lowest BCUT2D eigenvalue weighted by Crippen LogP contribution is -2.45. The molecule has 0 unspecified atom stereocenters. The van der Waals surface area contributed by atoms with Gasteiger partial charge in [0.2, 0.25) is 5.91 Å². The summed E-state index contributed by atoms with van der Waals surface area (Å²) in [6.07, 6.45) is 2.53. The number of nitrogens with one attached hydrogen (secondary N) is 2. The average molecular weight is 385 g/mol. The van der Waals surface area contributed by atoms with Crippen LogP contribution in [0.15, 0.2) is 47.1 Å². The van der Waals surface area contributed by atoms with Crippen LogP contribution in [-0.2, 0) is 22.6 Å². The van der Waals surface area contributed by atoms with Crippen molar-refractivity contribution in [3.63, 3.8) is 0 Å². The van der Waals surface area contributed by atoms with Crippen molar-refractivity contribution in [3.05, 3.63) is 54.0 Å². The smallest absolute Gasteiger partial charge is 0.325 e. The zero-order valence-electron chi connectivity index (χ0n) is 15.9.